The maximum absolute atomic E-state index is 13.1. The van der Waals surface area contributed by atoms with Crippen molar-refractivity contribution in [3.05, 3.63) is 77.1 Å². The standard InChI is InChI=1S/C25H30N4O3S/c1-19-24(20(2)29(27-19)22-12-6-5-7-13-22)18-26-25(30)21-11-10-14-23(17-21)33(31,32)28-15-8-3-4-9-16-28/h5-7,10-14,17H,3-4,8-9,15-16,18H2,1-2H3,(H,26,30). The van der Waals surface area contributed by atoms with Gasteiger partial charge in [0, 0.05) is 36.5 Å². The van der Waals surface area contributed by atoms with Gasteiger partial charge in [-0.1, -0.05) is 37.1 Å². The molecule has 0 bridgehead atoms. The van der Waals surface area contributed by atoms with Crippen LogP contribution >= 0.6 is 0 Å². The number of nitrogens with zero attached hydrogens (tertiary/aromatic N) is 3. The number of aromatic nitrogens is 2. The number of nitrogens with one attached hydrogen (secondary N) is 1. The van der Waals surface area contributed by atoms with E-state index in [1.807, 2.05) is 48.9 Å². The summed E-state index contributed by atoms with van der Waals surface area (Å²) in [7, 11) is -3.61. The predicted octanol–water partition coefficient (Wildman–Crippen LogP) is 3.98. The zero-order chi connectivity index (χ0) is 23.4. The van der Waals surface area contributed by atoms with Gasteiger partial charge in [0.2, 0.25) is 10.0 Å². The van der Waals surface area contributed by atoms with E-state index in [0.29, 0.717) is 25.2 Å². The molecule has 2 heterocycles. The Labute approximate surface area is 195 Å². The lowest BCUT2D eigenvalue weighted by Gasteiger charge is -2.20. The lowest BCUT2D eigenvalue weighted by Crippen LogP contribution is -2.32. The summed E-state index contributed by atoms with van der Waals surface area (Å²) in [6.07, 6.45) is 3.84. The van der Waals surface area contributed by atoms with Crippen LogP contribution < -0.4 is 5.32 Å². The number of para-hydroxylation sites is 1. The van der Waals surface area contributed by atoms with Crippen molar-refractivity contribution in [2.24, 2.45) is 0 Å². The van der Waals surface area contributed by atoms with Gasteiger partial charge in [-0.3, -0.25) is 4.79 Å². The zero-order valence-corrected chi connectivity index (χ0v) is 19.9. The minimum Gasteiger partial charge on any atom is -0.348 e. The third-order valence-electron chi connectivity index (χ3n) is 6.17. The molecular weight excluding hydrogens is 436 g/mol. The quantitative estimate of drug-likeness (QED) is 0.595. The van der Waals surface area contributed by atoms with Gasteiger partial charge < -0.3 is 5.32 Å². The minimum atomic E-state index is -3.61. The van der Waals surface area contributed by atoms with E-state index in [2.05, 4.69) is 10.4 Å². The summed E-state index contributed by atoms with van der Waals surface area (Å²) in [5.74, 6) is -0.311. The van der Waals surface area contributed by atoms with Crippen molar-refractivity contribution >= 4 is 15.9 Å². The summed E-state index contributed by atoms with van der Waals surface area (Å²) < 4.78 is 29.6. The zero-order valence-electron chi connectivity index (χ0n) is 19.1. The highest BCUT2D eigenvalue weighted by molar-refractivity contribution is 7.89. The van der Waals surface area contributed by atoms with Gasteiger partial charge in [0.1, 0.15) is 0 Å². The van der Waals surface area contributed by atoms with Crippen molar-refractivity contribution in [2.45, 2.75) is 51.0 Å². The van der Waals surface area contributed by atoms with Crippen LogP contribution in [0.2, 0.25) is 0 Å². The monoisotopic (exact) mass is 466 g/mol. The number of benzene rings is 2. The van der Waals surface area contributed by atoms with Gasteiger partial charge in [0.25, 0.3) is 5.91 Å². The Bertz CT molecular complexity index is 1230. The van der Waals surface area contributed by atoms with Gasteiger partial charge in [0.05, 0.1) is 16.3 Å². The summed E-state index contributed by atoms with van der Waals surface area (Å²) in [6.45, 7) is 5.27. The second-order valence-corrected chi connectivity index (χ2v) is 10.4. The molecule has 1 saturated heterocycles. The predicted molar refractivity (Wildman–Crippen MR) is 128 cm³/mol. The van der Waals surface area contributed by atoms with Crippen LogP contribution in [0.3, 0.4) is 0 Å². The number of aryl methyl sites for hydroxylation is 1. The van der Waals surface area contributed by atoms with Crippen molar-refractivity contribution in [1.82, 2.24) is 19.4 Å². The Hall–Kier alpha value is -2.97. The molecule has 0 radical (unpaired) electrons. The van der Waals surface area contributed by atoms with Gasteiger partial charge in [-0.05, 0) is 57.0 Å². The normalized spacial score (nSPS) is 15.2. The topological polar surface area (TPSA) is 84.3 Å². The summed E-state index contributed by atoms with van der Waals surface area (Å²) in [6, 6.07) is 16.2. The van der Waals surface area contributed by atoms with E-state index in [1.54, 1.807) is 22.5 Å². The highest BCUT2D eigenvalue weighted by Gasteiger charge is 2.26. The van der Waals surface area contributed by atoms with Crippen molar-refractivity contribution in [3.8, 4) is 5.69 Å². The Morgan fingerprint density at radius 2 is 1.67 bits per heavy atom. The Morgan fingerprint density at radius 3 is 2.36 bits per heavy atom. The minimum absolute atomic E-state index is 0.168. The summed E-state index contributed by atoms with van der Waals surface area (Å²) in [5, 5.41) is 7.55. The van der Waals surface area contributed by atoms with E-state index in [-0.39, 0.29) is 10.8 Å². The molecule has 0 saturated carbocycles. The van der Waals surface area contributed by atoms with Crippen LogP contribution in [0.4, 0.5) is 0 Å². The van der Waals surface area contributed by atoms with E-state index >= 15 is 0 Å². The molecular formula is C25H30N4O3S. The largest absolute Gasteiger partial charge is 0.348 e. The maximum atomic E-state index is 13.1. The summed E-state index contributed by atoms with van der Waals surface area (Å²) in [5.41, 5.74) is 4.03. The Morgan fingerprint density at radius 1 is 0.970 bits per heavy atom. The molecule has 2 aromatic carbocycles. The van der Waals surface area contributed by atoms with Gasteiger partial charge >= 0.3 is 0 Å². The molecule has 4 rings (SSSR count). The molecule has 33 heavy (non-hydrogen) atoms. The van der Waals surface area contributed by atoms with Crippen molar-refractivity contribution in [1.29, 1.82) is 0 Å². The molecule has 1 amide bonds. The molecule has 0 aliphatic carbocycles. The van der Waals surface area contributed by atoms with Gasteiger partial charge in [0.15, 0.2) is 0 Å². The molecule has 1 aliphatic rings. The molecule has 1 fully saturated rings. The lowest BCUT2D eigenvalue weighted by atomic mass is 10.1. The number of carbonyl (C=O) groups is 1. The van der Waals surface area contributed by atoms with Crippen LogP contribution in [0.15, 0.2) is 59.5 Å². The average molecular weight is 467 g/mol. The van der Waals surface area contributed by atoms with E-state index in [9.17, 15) is 13.2 Å². The lowest BCUT2D eigenvalue weighted by molar-refractivity contribution is 0.0950. The SMILES string of the molecule is Cc1nn(-c2ccccc2)c(C)c1CNC(=O)c1cccc(S(=O)(=O)N2CCCCCC2)c1. The number of sulfonamides is 1. The first kappa shape index (κ1) is 23.2. The summed E-state index contributed by atoms with van der Waals surface area (Å²) >= 11 is 0. The van der Waals surface area contributed by atoms with Crippen LogP contribution in [0.5, 0.6) is 0 Å². The van der Waals surface area contributed by atoms with Gasteiger partial charge in [-0.15, -0.1) is 0 Å². The third-order valence-corrected chi connectivity index (χ3v) is 8.06. The van der Waals surface area contributed by atoms with Crippen LogP contribution in [-0.2, 0) is 16.6 Å². The first-order valence-corrected chi connectivity index (χ1v) is 12.8. The number of carbonyl (C=O) groups excluding carboxylic acids is 1. The number of hydrogen-bond acceptors (Lipinski definition) is 4. The summed E-state index contributed by atoms with van der Waals surface area (Å²) in [4.78, 5) is 13.0. The Kier molecular flexibility index (Phi) is 6.95. The number of hydrogen-bond donors (Lipinski definition) is 1. The second kappa shape index (κ2) is 9.89. The smallest absolute Gasteiger partial charge is 0.251 e. The van der Waals surface area contributed by atoms with Crippen LogP contribution in [0.25, 0.3) is 5.69 Å². The molecule has 0 unspecified atom stereocenters. The average Bonchev–Trinajstić information content (AvgIpc) is 3.01. The fourth-order valence-electron chi connectivity index (χ4n) is 4.25. The third kappa shape index (κ3) is 5.02. The van der Waals surface area contributed by atoms with Crippen molar-refractivity contribution < 1.29 is 13.2 Å². The first-order chi connectivity index (χ1) is 15.9. The molecule has 1 aromatic heterocycles. The molecule has 8 heteroatoms. The molecule has 3 aromatic rings. The van der Waals surface area contributed by atoms with E-state index in [0.717, 1.165) is 48.3 Å². The van der Waals surface area contributed by atoms with Crippen molar-refractivity contribution in [2.75, 3.05) is 13.1 Å². The molecule has 1 N–H and O–H groups in total. The molecule has 0 atom stereocenters. The van der Waals surface area contributed by atoms with E-state index < -0.39 is 10.0 Å². The van der Waals surface area contributed by atoms with Crippen LogP contribution in [-0.4, -0.2) is 41.5 Å². The number of amides is 1. The number of rotatable bonds is 6. The van der Waals surface area contributed by atoms with Gasteiger partial charge in [-0.2, -0.15) is 9.40 Å². The molecule has 1 aliphatic heterocycles. The van der Waals surface area contributed by atoms with Crippen LogP contribution in [0, 0.1) is 13.8 Å². The van der Waals surface area contributed by atoms with Gasteiger partial charge in [-0.25, -0.2) is 13.1 Å². The molecule has 0 spiro atoms. The highest BCUT2D eigenvalue weighted by Crippen LogP contribution is 2.22. The van der Waals surface area contributed by atoms with Crippen molar-refractivity contribution in [3.63, 3.8) is 0 Å². The van der Waals surface area contributed by atoms with E-state index in [4.69, 9.17) is 0 Å². The first-order valence-electron chi connectivity index (χ1n) is 11.4. The Balaban J connectivity index is 1.50. The molecule has 7 nitrogen and oxygen atoms in total. The van der Waals surface area contributed by atoms with Crippen LogP contribution in [0.1, 0.15) is 53.0 Å². The molecule has 174 valence electrons. The highest BCUT2D eigenvalue weighted by atomic mass is 32.2. The van der Waals surface area contributed by atoms with E-state index in [1.165, 1.54) is 6.07 Å². The fourth-order valence-corrected chi connectivity index (χ4v) is 5.81. The fraction of sp³-hybridized carbons (Fsp3) is 0.360. The second-order valence-electron chi connectivity index (χ2n) is 8.43. The maximum Gasteiger partial charge on any atom is 0.251 e.